The molecule has 0 atom stereocenters. The molecular formula is C5H5N3O2. The zero-order chi connectivity index (χ0) is 7.40. The number of amides is 1. The average Bonchev–Trinajstić information content (AvgIpc) is 1.88. The SMILES string of the molecule is NC(=O)Oc1cccnn1. The largest absolute Gasteiger partial charge is 0.411 e. The van der Waals surface area contributed by atoms with Gasteiger partial charge in [0.15, 0.2) is 0 Å². The highest BCUT2D eigenvalue weighted by atomic mass is 16.6. The summed E-state index contributed by atoms with van der Waals surface area (Å²) in [6, 6.07) is 3.07. The van der Waals surface area contributed by atoms with Crippen LogP contribution in [0, 0.1) is 0 Å². The summed E-state index contributed by atoms with van der Waals surface area (Å²) in [4.78, 5) is 10.1. The average molecular weight is 139 g/mol. The molecule has 0 aliphatic rings. The zero-order valence-electron chi connectivity index (χ0n) is 5.02. The van der Waals surface area contributed by atoms with Gasteiger partial charge in [-0.2, -0.15) is 5.10 Å². The molecule has 0 fully saturated rings. The van der Waals surface area contributed by atoms with Crippen LogP contribution >= 0.6 is 0 Å². The van der Waals surface area contributed by atoms with E-state index in [1.165, 1.54) is 12.3 Å². The number of ether oxygens (including phenoxy) is 1. The van der Waals surface area contributed by atoms with Crippen molar-refractivity contribution in [2.75, 3.05) is 0 Å². The van der Waals surface area contributed by atoms with E-state index in [4.69, 9.17) is 5.73 Å². The van der Waals surface area contributed by atoms with Crippen LogP contribution in [0.2, 0.25) is 0 Å². The van der Waals surface area contributed by atoms with Crippen LogP contribution in [0.1, 0.15) is 0 Å². The van der Waals surface area contributed by atoms with Gasteiger partial charge in [0.1, 0.15) is 0 Å². The van der Waals surface area contributed by atoms with Crippen LogP contribution in [0.4, 0.5) is 4.79 Å². The second-order valence-electron chi connectivity index (χ2n) is 1.48. The summed E-state index contributed by atoms with van der Waals surface area (Å²) in [6.07, 6.45) is 0.578. The van der Waals surface area contributed by atoms with Gasteiger partial charge in [-0.25, -0.2) is 4.79 Å². The number of nitrogens with zero attached hydrogens (tertiary/aromatic N) is 2. The minimum absolute atomic E-state index is 0.106. The molecule has 0 saturated heterocycles. The lowest BCUT2D eigenvalue weighted by Gasteiger charge is -1.94. The minimum atomic E-state index is -0.888. The van der Waals surface area contributed by atoms with Gasteiger partial charge < -0.3 is 10.5 Å². The van der Waals surface area contributed by atoms with E-state index in [0.717, 1.165) is 0 Å². The van der Waals surface area contributed by atoms with Gasteiger partial charge in [-0.1, -0.05) is 0 Å². The number of rotatable bonds is 1. The van der Waals surface area contributed by atoms with Gasteiger partial charge in [0.25, 0.3) is 0 Å². The topological polar surface area (TPSA) is 78.1 Å². The van der Waals surface area contributed by atoms with E-state index in [0.29, 0.717) is 0 Å². The van der Waals surface area contributed by atoms with Crippen LogP contribution in [-0.4, -0.2) is 16.3 Å². The number of nitrogens with two attached hydrogens (primary N) is 1. The lowest BCUT2D eigenvalue weighted by Crippen LogP contribution is -2.16. The van der Waals surface area contributed by atoms with Crippen LogP contribution in [0.15, 0.2) is 18.3 Å². The van der Waals surface area contributed by atoms with Crippen molar-refractivity contribution in [2.24, 2.45) is 5.73 Å². The van der Waals surface area contributed by atoms with Gasteiger partial charge in [-0.15, -0.1) is 5.10 Å². The highest BCUT2D eigenvalue weighted by Gasteiger charge is 1.96. The maximum absolute atomic E-state index is 10.1. The third-order valence-electron chi connectivity index (χ3n) is 0.753. The van der Waals surface area contributed by atoms with E-state index in [2.05, 4.69) is 14.9 Å². The Hall–Kier alpha value is -1.65. The van der Waals surface area contributed by atoms with Crippen molar-refractivity contribution in [2.45, 2.75) is 0 Å². The fourth-order valence-electron chi connectivity index (χ4n) is 0.445. The summed E-state index contributed by atoms with van der Waals surface area (Å²) >= 11 is 0. The first-order valence-electron chi connectivity index (χ1n) is 2.54. The lowest BCUT2D eigenvalue weighted by molar-refractivity contribution is 0.208. The van der Waals surface area contributed by atoms with Crippen LogP contribution in [0.3, 0.4) is 0 Å². The minimum Gasteiger partial charge on any atom is -0.390 e. The number of primary amides is 1. The molecule has 0 unspecified atom stereocenters. The second-order valence-corrected chi connectivity index (χ2v) is 1.48. The highest BCUT2D eigenvalue weighted by Crippen LogP contribution is 1.99. The molecular weight excluding hydrogens is 134 g/mol. The molecule has 5 heteroatoms. The monoisotopic (exact) mass is 139 g/mol. The molecule has 1 heterocycles. The third-order valence-corrected chi connectivity index (χ3v) is 0.753. The molecule has 0 radical (unpaired) electrons. The number of carbonyl (C=O) groups excluding carboxylic acids is 1. The number of aromatic nitrogens is 2. The summed E-state index contributed by atoms with van der Waals surface area (Å²) in [6.45, 7) is 0. The van der Waals surface area contributed by atoms with E-state index < -0.39 is 6.09 Å². The Labute approximate surface area is 56.8 Å². The van der Waals surface area contributed by atoms with Gasteiger partial charge >= 0.3 is 6.09 Å². The fourth-order valence-corrected chi connectivity index (χ4v) is 0.445. The van der Waals surface area contributed by atoms with Crippen LogP contribution in [0.5, 0.6) is 5.88 Å². The molecule has 52 valence electrons. The molecule has 0 aliphatic carbocycles. The Morgan fingerprint density at radius 2 is 2.50 bits per heavy atom. The van der Waals surface area contributed by atoms with Gasteiger partial charge in [-0.05, 0) is 6.07 Å². The van der Waals surface area contributed by atoms with Crippen molar-refractivity contribution in [1.29, 1.82) is 0 Å². The van der Waals surface area contributed by atoms with E-state index in [1.807, 2.05) is 0 Å². The van der Waals surface area contributed by atoms with Gasteiger partial charge in [0.2, 0.25) is 5.88 Å². The molecule has 0 spiro atoms. The van der Waals surface area contributed by atoms with Gasteiger partial charge in [0.05, 0.1) is 0 Å². The maximum atomic E-state index is 10.1. The van der Waals surface area contributed by atoms with Crippen molar-refractivity contribution >= 4 is 6.09 Å². The summed E-state index contributed by atoms with van der Waals surface area (Å²) < 4.78 is 4.38. The number of carbonyl (C=O) groups is 1. The zero-order valence-corrected chi connectivity index (χ0v) is 5.02. The Bertz CT molecular complexity index is 224. The normalized spacial score (nSPS) is 8.80. The third kappa shape index (κ3) is 1.70. The number of hydrogen-bond donors (Lipinski definition) is 1. The quantitative estimate of drug-likeness (QED) is 0.590. The van der Waals surface area contributed by atoms with Crippen molar-refractivity contribution in [3.63, 3.8) is 0 Å². The Morgan fingerprint density at radius 3 is 3.00 bits per heavy atom. The first kappa shape index (κ1) is 6.47. The standard InChI is InChI=1S/C5H5N3O2/c6-5(9)10-4-2-1-3-7-8-4/h1-3H,(H2,6,9). The Morgan fingerprint density at radius 1 is 1.70 bits per heavy atom. The van der Waals surface area contributed by atoms with E-state index in [1.54, 1.807) is 6.07 Å². The molecule has 1 aromatic heterocycles. The van der Waals surface area contributed by atoms with E-state index >= 15 is 0 Å². The van der Waals surface area contributed by atoms with E-state index in [-0.39, 0.29) is 5.88 Å². The molecule has 1 rings (SSSR count). The maximum Gasteiger partial charge on any atom is 0.411 e. The van der Waals surface area contributed by atoms with Crippen LogP contribution < -0.4 is 10.5 Å². The highest BCUT2D eigenvalue weighted by molar-refractivity contribution is 5.67. The smallest absolute Gasteiger partial charge is 0.390 e. The summed E-state index contributed by atoms with van der Waals surface area (Å²) in [7, 11) is 0. The summed E-state index contributed by atoms with van der Waals surface area (Å²) in [5.41, 5.74) is 4.70. The molecule has 0 saturated carbocycles. The first-order chi connectivity index (χ1) is 4.79. The molecule has 5 nitrogen and oxygen atoms in total. The summed E-state index contributed by atoms with van der Waals surface area (Å²) in [5.74, 6) is 0.106. The molecule has 1 aromatic rings. The summed E-state index contributed by atoms with van der Waals surface area (Å²) in [5, 5.41) is 6.90. The van der Waals surface area contributed by atoms with Crippen LogP contribution in [0.25, 0.3) is 0 Å². The molecule has 0 aliphatic heterocycles. The van der Waals surface area contributed by atoms with Crippen molar-refractivity contribution in [1.82, 2.24) is 10.2 Å². The van der Waals surface area contributed by atoms with Gasteiger partial charge in [-0.3, -0.25) is 0 Å². The predicted molar refractivity (Wildman–Crippen MR) is 32.2 cm³/mol. The van der Waals surface area contributed by atoms with Gasteiger partial charge in [0, 0.05) is 12.3 Å². The van der Waals surface area contributed by atoms with Crippen LogP contribution in [-0.2, 0) is 0 Å². The molecule has 0 aromatic carbocycles. The van der Waals surface area contributed by atoms with Crippen molar-refractivity contribution in [3.05, 3.63) is 18.3 Å². The lowest BCUT2D eigenvalue weighted by atomic mass is 10.6. The van der Waals surface area contributed by atoms with E-state index in [9.17, 15) is 4.79 Å². The molecule has 1 amide bonds. The predicted octanol–water partition coefficient (Wildman–Crippen LogP) is -0.0659. The Kier molecular flexibility index (Phi) is 1.79. The Balaban J connectivity index is 2.67. The molecule has 0 bridgehead atoms. The second kappa shape index (κ2) is 2.77. The van der Waals surface area contributed by atoms with Crippen molar-refractivity contribution < 1.29 is 9.53 Å². The number of hydrogen-bond acceptors (Lipinski definition) is 4. The van der Waals surface area contributed by atoms with Crippen molar-refractivity contribution in [3.8, 4) is 5.88 Å². The molecule has 2 N–H and O–H groups in total. The fraction of sp³-hybridized carbons (Fsp3) is 0. The molecule has 10 heavy (non-hydrogen) atoms. The first-order valence-corrected chi connectivity index (χ1v) is 2.54.